The van der Waals surface area contributed by atoms with Gasteiger partial charge in [0.2, 0.25) is 0 Å². The number of carboxylic acids is 1. The predicted molar refractivity (Wildman–Crippen MR) is 106 cm³/mol. The molecular formula is C22H19N3O2. The quantitative estimate of drug-likeness (QED) is 0.537. The number of rotatable bonds is 6. The second-order valence-electron chi connectivity index (χ2n) is 6.31. The van der Waals surface area contributed by atoms with Gasteiger partial charge in [0.1, 0.15) is 5.82 Å². The van der Waals surface area contributed by atoms with E-state index in [0.717, 1.165) is 5.82 Å². The van der Waals surface area contributed by atoms with E-state index in [9.17, 15) is 9.90 Å². The Hall–Kier alpha value is -3.60. The molecule has 0 unspecified atom stereocenters. The fraction of sp³-hybridized carbons (Fsp3) is 0.0909. The van der Waals surface area contributed by atoms with Crippen LogP contribution in [0.15, 0.2) is 79.1 Å². The zero-order chi connectivity index (χ0) is 18.6. The van der Waals surface area contributed by atoms with Crippen molar-refractivity contribution in [1.82, 2.24) is 9.55 Å². The van der Waals surface area contributed by atoms with Gasteiger partial charge in [-0.3, -0.25) is 0 Å². The minimum atomic E-state index is -0.947. The Labute approximate surface area is 156 Å². The Morgan fingerprint density at radius 3 is 2.67 bits per heavy atom. The van der Waals surface area contributed by atoms with Crippen LogP contribution in [-0.4, -0.2) is 20.6 Å². The molecule has 2 N–H and O–H groups in total. The molecule has 4 aromatic rings. The highest BCUT2D eigenvalue weighted by Gasteiger charge is 2.10. The number of para-hydroxylation sites is 1. The lowest BCUT2D eigenvalue weighted by molar-refractivity contribution is 0.0698. The molecule has 0 aliphatic carbocycles. The van der Waals surface area contributed by atoms with Gasteiger partial charge in [0.05, 0.1) is 12.1 Å². The zero-order valence-electron chi connectivity index (χ0n) is 14.7. The minimum Gasteiger partial charge on any atom is -0.478 e. The number of aromatic nitrogens is 2. The number of aromatic carboxylic acids is 1. The molecule has 5 nitrogen and oxygen atoms in total. The second kappa shape index (κ2) is 7.33. The van der Waals surface area contributed by atoms with Crippen LogP contribution in [0.5, 0.6) is 0 Å². The van der Waals surface area contributed by atoms with E-state index >= 15 is 0 Å². The first-order valence-electron chi connectivity index (χ1n) is 8.75. The van der Waals surface area contributed by atoms with Gasteiger partial charge in [-0.1, -0.05) is 54.6 Å². The van der Waals surface area contributed by atoms with Crippen molar-refractivity contribution in [1.29, 1.82) is 0 Å². The van der Waals surface area contributed by atoms with Gasteiger partial charge in [-0.05, 0) is 28.5 Å². The number of carboxylic acid groups (broad SMARTS) is 1. The maximum atomic E-state index is 11.4. The summed E-state index contributed by atoms with van der Waals surface area (Å²) in [7, 11) is 0. The van der Waals surface area contributed by atoms with Crippen LogP contribution < -0.4 is 5.32 Å². The van der Waals surface area contributed by atoms with E-state index in [2.05, 4.69) is 45.2 Å². The zero-order valence-corrected chi connectivity index (χ0v) is 14.7. The van der Waals surface area contributed by atoms with Crippen molar-refractivity contribution in [2.75, 3.05) is 5.32 Å². The molecule has 1 aromatic heterocycles. The highest BCUT2D eigenvalue weighted by molar-refractivity contribution is 5.94. The van der Waals surface area contributed by atoms with E-state index in [-0.39, 0.29) is 5.56 Å². The van der Waals surface area contributed by atoms with Crippen molar-refractivity contribution in [3.8, 4) is 0 Å². The van der Waals surface area contributed by atoms with Gasteiger partial charge >= 0.3 is 5.97 Å². The molecule has 1 heterocycles. The van der Waals surface area contributed by atoms with Crippen LogP contribution in [0.2, 0.25) is 0 Å². The van der Waals surface area contributed by atoms with E-state index in [4.69, 9.17) is 0 Å². The maximum Gasteiger partial charge on any atom is 0.337 e. The van der Waals surface area contributed by atoms with Crippen molar-refractivity contribution in [3.63, 3.8) is 0 Å². The molecular weight excluding hydrogens is 338 g/mol. The number of imidazole rings is 1. The standard InChI is InChI=1S/C22H19N3O2/c26-22(27)19-10-3-4-11-20(19)24-14-21-23-12-13-25(21)15-17-8-5-7-16-6-1-2-9-18(16)17/h1-13,24H,14-15H2,(H,26,27). The van der Waals surface area contributed by atoms with E-state index in [0.29, 0.717) is 18.8 Å². The molecule has 0 saturated heterocycles. The Balaban J connectivity index is 1.56. The number of fused-ring (bicyclic) bond motifs is 1. The van der Waals surface area contributed by atoms with Crippen LogP contribution in [0.1, 0.15) is 21.7 Å². The minimum absolute atomic E-state index is 0.254. The Kier molecular flexibility index (Phi) is 4.58. The smallest absolute Gasteiger partial charge is 0.337 e. The fourth-order valence-electron chi connectivity index (χ4n) is 3.26. The van der Waals surface area contributed by atoms with Crippen LogP contribution in [0.3, 0.4) is 0 Å². The highest BCUT2D eigenvalue weighted by atomic mass is 16.4. The van der Waals surface area contributed by atoms with Gasteiger partial charge < -0.3 is 15.0 Å². The Bertz CT molecular complexity index is 1100. The van der Waals surface area contributed by atoms with Crippen molar-refractivity contribution in [2.24, 2.45) is 0 Å². The monoisotopic (exact) mass is 357 g/mol. The highest BCUT2D eigenvalue weighted by Crippen LogP contribution is 2.20. The maximum absolute atomic E-state index is 11.4. The number of nitrogens with zero attached hydrogens (tertiary/aromatic N) is 2. The van der Waals surface area contributed by atoms with E-state index in [1.807, 2.05) is 24.4 Å². The fourth-order valence-corrected chi connectivity index (χ4v) is 3.26. The number of hydrogen-bond acceptors (Lipinski definition) is 3. The summed E-state index contributed by atoms with van der Waals surface area (Å²) >= 11 is 0. The molecule has 0 spiro atoms. The molecule has 4 rings (SSSR count). The molecule has 5 heteroatoms. The summed E-state index contributed by atoms with van der Waals surface area (Å²) in [5, 5.41) is 14.9. The van der Waals surface area contributed by atoms with E-state index in [1.165, 1.54) is 16.3 Å². The van der Waals surface area contributed by atoms with Crippen molar-refractivity contribution >= 4 is 22.4 Å². The van der Waals surface area contributed by atoms with Gasteiger partial charge in [0.15, 0.2) is 0 Å². The first-order valence-corrected chi connectivity index (χ1v) is 8.75. The molecule has 0 fully saturated rings. The van der Waals surface area contributed by atoms with Gasteiger partial charge in [0, 0.05) is 24.6 Å². The van der Waals surface area contributed by atoms with Gasteiger partial charge in [0.25, 0.3) is 0 Å². The number of nitrogens with one attached hydrogen (secondary N) is 1. The van der Waals surface area contributed by atoms with Crippen molar-refractivity contribution in [2.45, 2.75) is 13.1 Å². The van der Waals surface area contributed by atoms with Crippen LogP contribution in [0, 0.1) is 0 Å². The summed E-state index contributed by atoms with van der Waals surface area (Å²) in [4.78, 5) is 15.8. The average molecular weight is 357 g/mol. The normalized spacial score (nSPS) is 10.8. The Morgan fingerprint density at radius 2 is 1.78 bits per heavy atom. The predicted octanol–water partition coefficient (Wildman–Crippen LogP) is 4.39. The lowest BCUT2D eigenvalue weighted by Crippen LogP contribution is -2.11. The molecule has 0 aliphatic heterocycles. The van der Waals surface area contributed by atoms with Gasteiger partial charge in [-0.25, -0.2) is 9.78 Å². The Morgan fingerprint density at radius 1 is 1.00 bits per heavy atom. The number of carbonyl (C=O) groups is 1. The summed E-state index contributed by atoms with van der Waals surface area (Å²) < 4.78 is 2.08. The molecule has 0 saturated carbocycles. The van der Waals surface area contributed by atoms with Crippen LogP contribution in [-0.2, 0) is 13.1 Å². The topological polar surface area (TPSA) is 67.2 Å². The van der Waals surface area contributed by atoms with Crippen LogP contribution in [0.25, 0.3) is 10.8 Å². The van der Waals surface area contributed by atoms with Crippen LogP contribution >= 0.6 is 0 Å². The molecule has 0 atom stereocenters. The summed E-state index contributed by atoms with van der Waals surface area (Å²) in [6.07, 6.45) is 3.72. The van der Waals surface area contributed by atoms with Gasteiger partial charge in [-0.2, -0.15) is 0 Å². The lowest BCUT2D eigenvalue weighted by Gasteiger charge is -2.13. The molecule has 0 amide bonds. The summed E-state index contributed by atoms with van der Waals surface area (Å²) in [5.74, 6) is -0.0969. The third kappa shape index (κ3) is 3.53. The molecule has 0 aliphatic rings. The number of anilines is 1. The van der Waals surface area contributed by atoms with Crippen molar-refractivity contribution < 1.29 is 9.90 Å². The summed E-state index contributed by atoms with van der Waals surface area (Å²) in [6, 6.07) is 21.5. The van der Waals surface area contributed by atoms with Crippen LogP contribution in [0.4, 0.5) is 5.69 Å². The first-order chi connectivity index (χ1) is 13.2. The largest absolute Gasteiger partial charge is 0.478 e. The lowest BCUT2D eigenvalue weighted by atomic mass is 10.0. The van der Waals surface area contributed by atoms with Gasteiger partial charge in [-0.15, -0.1) is 0 Å². The molecule has 0 bridgehead atoms. The SMILES string of the molecule is O=C(O)c1ccccc1NCc1nccn1Cc1cccc2ccccc12. The molecule has 3 aromatic carbocycles. The third-order valence-electron chi connectivity index (χ3n) is 4.62. The average Bonchev–Trinajstić information content (AvgIpc) is 3.14. The molecule has 134 valence electrons. The van der Waals surface area contributed by atoms with Crippen molar-refractivity contribution in [3.05, 3.63) is 96.1 Å². The number of benzene rings is 3. The van der Waals surface area contributed by atoms with E-state index in [1.54, 1.807) is 24.4 Å². The summed E-state index contributed by atoms with van der Waals surface area (Å²) in [5.41, 5.74) is 2.06. The number of hydrogen-bond donors (Lipinski definition) is 2. The summed E-state index contributed by atoms with van der Waals surface area (Å²) in [6.45, 7) is 1.15. The molecule has 0 radical (unpaired) electrons. The second-order valence-corrected chi connectivity index (χ2v) is 6.31. The molecule has 27 heavy (non-hydrogen) atoms. The first kappa shape index (κ1) is 16.8. The van der Waals surface area contributed by atoms with E-state index < -0.39 is 5.97 Å². The third-order valence-corrected chi connectivity index (χ3v) is 4.62.